The molecule has 2 aromatic carbocycles. The van der Waals surface area contributed by atoms with Crippen LogP contribution in [-0.2, 0) is 43.0 Å². The molecule has 0 aliphatic carbocycles. The van der Waals surface area contributed by atoms with Crippen molar-refractivity contribution >= 4 is 48.4 Å². The summed E-state index contributed by atoms with van der Waals surface area (Å²) >= 11 is 0. The highest BCUT2D eigenvalue weighted by Gasteiger charge is 2.27. The van der Waals surface area contributed by atoms with Gasteiger partial charge in [0, 0.05) is 37.3 Å². The van der Waals surface area contributed by atoms with Crippen LogP contribution in [0.1, 0.15) is 19.3 Å². The predicted octanol–water partition coefficient (Wildman–Crippen LogP) is 0.129. The van der Waals surface area contributed by atoms with Gasteiger partial charge in [0.05, 0.1) is 25.7 Å². The molecule has 0 radical (unpaired) electrons. The number of carbonyl (C=O) groups is 7. The molecule has 0 aromatic heterocycles. The molecular weight excluding hydrogens is 674 g/mol. The van der Waals surface area contributed by atoms with Crippen LogP contribution in [0.4, 0.5) is 5.69 Å². The largest absolute Gasteiger partial charge is 0.492 e. The Morgan fingerprint density at radius 1 is 0.863 bits per heavy atom. The highest BCUT2D eigenvalue weighted by Crippen LogP contribution is 2.30. The van der Waals surface area contributed by atoms with Crippen LogP contribution in [0.15, 0.2) is 48.5 Å². The SMILES string of the molecule is O=COCN(COC=O)C(COc1ccc(-c2ccccc2NC(=O)C2CCCC(=O)N2)cc1)CN(CCN(CC(=O)O)CC(=O)O)CC(=O)O. The smallest absolute Gasteiger partial charge is 0.317 e. The average Bonchev–Trinajstić information content (AvgIpc) is 3.09. The Kier molecular flexibility index (Phi) is 16.3. The van der Waals surface area contributed by atoms with Gasteiger partial charge in [-0.05, 0) is 36.6 Å². The molecule has 5 N–H and O–H groups in total. The lowest BCUT2D eigenvalue weighted by atomic mass is 10.0. The zero-order valence-electron chi connectivity index (χ0n) is 27.7. The summed E-state index contributed by atoms with van der Waals surface area (Å²) in [5.74, 6) is -3.84. The van der Waals surface area contributed by atoms with Crippen molar-refractivity contribution in [2.75, 3.05) is 64.7 Å². The Morgan fingerprint density at radius 2 is 1.45 bits per heavy atom. The molecular formula is C33H41N5O13. The first-order valence-electron chi connectivity index (χ1n) is 15.9. The summed E-state index contributed by atoms with van der Waals surface area (Å²) in [6, 6.07) is 12.6. The van der Waals surface area contributed by atoms with Crippen molar-refractivity contribution in [1.82, 2.24) is 20.0 Å². The quantitative estimate of drug-likeness (QED) is 0.0717. The van der Waals surface area contributed by atoms with Gasteiger partial charge in [0.25, 0.3) is 12.9 Å². The van der Waals surface area contributed by atoms with E-state index in [-0.39, 0.29) is 64.5 Å². The Hall–Kier alpha value is -5.59. The number of piperidine rings is 1. The highest BCUT2D eigenvalue weighted by atomic mass is 16.6. The van der Waals surface area contributed by atoms with Crippen molar-refractivity contribution in [3.63, 3.8) is 0 Å². The summed E-state index contributed by atoms with van der Waals surface area (Å²) in [6.45, 7) is -2.40. The maximum Gasteiger partial charge on any atom is 0.317 e. The molecule has 2 aromatic rings. The zero-order valence-corrected chi connectivity index (χ0v) is 27.7. The van der Waals surface area contributed by atoms with Gasteiger partial charge in [-0.25, -0.2) is 4.90 Å². The number of carboxylic acids is 3. The van der Waals surface area contributed by atoms with E-state index in [0.717, 1.165) is 10.5 Å². The van der Waals surface area contributed by atoms with Crippen molar-refractivity contribution in [2.45, 2.75) is 31.3 Å². The topological polar surface area (TPSA) is 242 Å². The van der Waals surface area contributed by atoms with Gasteiger partial charge in [-0.3, -0.25) is 43.4 Å². The number of carbonyl (C=O) groups excluding carboxylic acids is 4. The van der Waals surface area contributed by atoms with E-state index in [1.54, 1.807) is 36.4 Å². The minimum Gasteiger partial charge on any atom is -0.492 e. The lowest BCUT2D eigenvalue weighted by Crippen LogP contribution is -2.51. The number of benzene rings is 2. The van der Waals surface area contributed by atoms with E-state index in [2.05, 4.69) is 10.6 Å². The van der Waals surface area contributed by atoms with Gasteiger partial charge < -0.3 is 40.2 Å². The van der Waals surface area contributed by atoms with Gasteiger partial charge >= 0.3 is 17.9 Å². The second-order valence-corrected chi connectivity index (χ2v) is 11.5. The first kappa shape index (κ1) is 39.8. The Morgan fingerprint density at radius 3 is 2.04 bits per heavy atom. The van der Waals surface area contributed by atoms with Gasteiger partial charge in [0.1, 0.15) is 31.9 Å². The van der Waals surface area contributed by atoms with Crippen molar-refractivity contribution in [2.24, 2.45) is 0 Å². The van der Waals surface area contributed by atoms with E-state index in [1.165, 1.54) is 9.80 Å². The lowest BCUT2D eigenvalue weighted by molar-refractivity contribution is -0.147. The number of hydrogen-bond donors (Lipinski definition) is 5. The summed E-state index contributed by atoms with van der Waals surface area (Å²) in [4.78, 5) is 84.9. The average molecular weight is 716 g/mol. The van der Waals surface area contributed by atoms with Crippen LogP contribution in [0.5, 0.6) is 5.75 Å². The summed E-state index contributed by atoms with van der Waals surface area (Å²) in [5.41, 5.74) is 1.99. The number of ether oxygens (including phenoxy) is 3. The lowest BCUT2D eigenvalue weighted by Gasteiger charge is -2.34. The number of rotatable bonds is 24. The summed E-state index contributed by atoms with van der Waals surface area (Å²) < 4.78 is 15.8. The normalized spacial score (nSPS) is 14.7. The molecule has 18 heteroatoms. The molecule has 18 nitrogen and oxygen atoms in total. The number of hydrogen-bond acceptors (Lipinski definition) is 13. The summed E-state index contributed by atoms with van der Waals surface area (Å²) in [6.07, 6.45) is 1.54. The third kappa shape index (κ3) is 14.0. The number of carboxylic acid groups (broad SMARTS) is 3. The van der Waals surface area contributed by atoms with Crippen molar-refractivity contribution in [3.05, 3.63) is 48.5 Å². The molecule has 1 aliphatic rings. The van der Waals surface area contributed by atoms with Crippen molar-refractivity contribution < 1.29 is 63.1 Å². The molecule has 51 heavy (non-hydrogen) atoms. The molecule has 1 fully saturated rings. The maximum atomic E-state index is 12.9. The van der Waals surface area contributed by atoms with Crippen LogP contribution in [0, 0.1) is 0 Å². The van der Waals surface area contributed by atoms with Gasteiger partial charge in [0.2, 0.25) is 11.8 Å². The van der Waals surface area contributed by atoms with Crippen LogP contribution in [0.25, 0.3) is 11.1 Å². The number of aliphatic carboxylic acids is 3. The van der Waals surface area contributed by atoms with Gasteiger partial charge in [-0.15, -0.1) is 0 Å². The third-order valence-electron chi connectivity index (χ3n) is 7.75. The maximum absolute atomic E-state index is 12.9. The van der Waals surface area contributed by atoms with E-state index < -0.39 is 49.6 Å². The fraction of sp³-hybridized carbons (Fsp3) is 0.424. The van der Waals surface area contributed by atoms with Crippen LogP contribution in [0.2, 0.25) is 0 Å². The first-order chi connectivity index (χ1) is 24.5. The van der Waals surface area contributed by atoms with Crippen LogP contribution < -0.4 is 15.4 Å². The molecule has 0 saturated carbocycles. The monoisotopic (exact) mass is 715 g/mol. The Labute approximate surface area is 292 Å². The molecule has 1 aliphatic heterocycles. The van der Waals surface area contributed by atoms with Gasteiger partial charge in [-0.2, -0.15) is 0 Å². The first-order valence-corrected chi connectivity index (χ1v) is 15.9. The molecule has 0 spiro atoms. The predicted molar refractivity (Wildman–Crippen MR) is 177 cm³/mol. The van der Waals surface area contributed by atoms with Crippen LogP contribution in [0.3, 0.4) is 0 Å². The van der Waals surface area contributed by atoms with E-state index in [9.17, 15) is 48.9 Å². The van der Waals surface area contributed by atoms with Crippen molar-refractivity contribution in [1.29, 1.82) is 0 Å². The van der Waals surface area contributed by atoms with Gasteiger partial charge in [-0.1, -0.05) is 30.3 Å². The highest BCUT2D eigenvalue weighted by molar-refractivity contribution is 6.00. The van der Waals surface area contributed by atoms with E-state index in [1.807, 2.05) is 12.1 Å². The standard InChI is InChI=1S/C33H41N5O13/c39-21-49-19-38(20-50-22-40)24(14-36(15-30(42)43)12-13-37(16-31(44)45)17-32(46)47)18-51-25-10-8-23(9-11-25)26-4-1-2-5-27(26)35-33(48)28-6-3-7-29(41)34-28/h1-2,4-5,8-11,21-22,24,28H,3,6-7,12-20H2,(H,34,41)(H,35,48)(H,42,43)(H,44,45)(H,46,47). The molecule has 1 saturated heterocycles. The molecule has 2 amide bonds. The van der Waals surface area contributed by atoms with Gasteiger partial charge in [0.15, 0.2) is 0 Å². The zero-order chi connectivity index (χ0) is 37.2. The Bertz CT molecular complexity index is 1480. The fourth-order valence-corrected chi connectivity index (χ4v) is 5.37. The molecule has 1 heterocycles. The number of amides is 2. The second-order valence-electron chi connectivity index (χ2n) is 11.5. The number of para-hydroxylation sites is 1. The summed E-state index contributed by atoms with van der Waals surface area (Å²) in [7, 11) is 0. The molecule has 2 unspecified atom stereocenters. The molecule has 276 valence electrons. The van der Waals surface area contributed by atoms with E-state index in [4.69, 9.17) is 14.2 Å². The minimum atomic E-state index is -1.26. The van der Waals surface area contributed by atoms with E-state index in [0.29, 0.717) is 36.3 Å². The fourth-order valence-electron chi connectivity index (χ4n) is 5.37. The second kappa shape index (κ2) is 20.8. The minimum absolute atomic E-state index is 0.0575. The van der Waals surface area contributed by atoms with Crippen LogP contribution >= 0.6 is 0 Å². The third-order valence-corrected chi connectivity index (χ3v) is 7.75. The summed E-state index contributed by atoms with van der Waals surface area (Å²) in [5, 5.41) is 33.5. The van der Waals surface area contributed by atoms with Crippen molar-refractivity contribution in [3.8, 4) is 16.9 Å². The van der Waals surface area contributed by atoms with E-state index >= 15 is 0 Å². The Balaban J connectivity index is 1.78. The molecule has 0 bridgehead atoms. The number of nitrogens with zero attached hydrogens (tertiary/aromatic N) is 3. The molecule has 2 atom stereocenters. The van der Waals surface area contributed by atoms with Crippen LogP contribution in [-0.4, -0.2) is 144 Å². The molecule has 3 rings (SSSR count). The number of anilines is 1. The number of nitrogens with one attached hydrogen (secondary N) is 2.